The Morgan fingerprint density at radius 3 is 2.64 bits per heavy atom. The second kappa shape index (κ2) is 11.5. The molecule has 2 aliphatic rings. The fourth-order valence-corrected chi connectivity index (χ4v) is 5.05. The zero-order chi connectivity index (χ0) is 25.7. The van der Waals surface area contributed by atoms with Crippen molar-refractivity contribution in [1.82, 2.24) is 25.4 Å². The number of ether oxygens (including phenoxy) is 1. The Labute approximate surface area is 209 Å². The number of piperidine rings is 1. The SMILES string of the molecule is COCC(=O)N1CCN(C(=O)C2CCNCC2)CC1C(=O)NC(Cc1c[nH]c2ccccc12)C(N)=O. The standard InChI is InChI=1S/C25H34N6O5/c1-36-15-22(32)31-11-10-30(25(35)16-6-8-27-9-7-16)14-21(31)24(34)29-20(23(26)33)12-17-13-28-19-5-3-2-4-18(17)19/h2-5,13,16,20-21,27-28H,6-12,14-15H2,1H3,(H2,26,33)(H,29,34). The quantitative estimate of drug-likeness (QED) is 0.381. The number of piperazine rings is 1. The minimum absolute atomic E-state index is 0.00150. The second-order valence-corrected chi connectivity index (χ2v) is 9.37. The van der Waals surface area contributed by atoms with E-state index in [1.807, 2.05) is 24.3 Å². The number of rotatable bonds is 8. The molecule has 2 saturated heterocycles. The third-order valence-electron chi connectivity index (χ3n) is 7.03. The number of para-hydroxylation sites is 1. The molecule has 0 aliphatic carbocycles. The zero-order valence-corrected chi connectivity index (χ0v) is 20.5. The van der Waals surface area contributed by atoms with Gasteiger partial charge in [-0.2, -0.15) is 0 Å². The highest BCUT2D eigenvalue weighted by atomic mass is 16.5. The van der Waals surface area contributed by atoms with Gasteiger partial charge in [0.1, 0.15) is 18.7 Å². The predicted octanol–water partition coefficient (Wildman–Crippen LogP) is -0.634. The van der Waals surface area contributed by atoms with Crippen LogP contribution in [0.1, 0.15) is 18.4 Å². The molecule has 2 aromatic rings. The van der Waals surface area contributed by atoms with E-state index in [4.69, 9.17) is 10.5 Å². The van der Waals surface area contributed by atoms with Crippen LogP contribution in [-0.4, -0.2) is 96.9 Å². The number of benzene rings is 1. The van der Waals surface area contributed by atoms with Crippen molar-refractivity contribution in [1.29, 1.82) is 0 Å². The van der Waals surface area contributed by atoms with E-state index in [9.17, 15) is 19.2 Å². The Balaban J connectivity index is 1.50. The lowest BCUT2D eigenvalue weighted by atomic mass is 9.95. The number of primary amides is 1. The average molecular weight is 499 g/mol. The Hall–Kier alpha value is -3.44. The molecular formula is C25H34N6O5. The van der Waals surface area contributed by atoms with Gasteiger partial charge >= 0.3 is 0 Å². The van der Waals surface area contributed by atoms with Crippen molar-refractivity contribution in [2.45, 2.75) is 31.3 Å². The summed E-state index contributed by atoms with van der Waals surface area (Å²) in [5, 5.41) is 6.93. The van der Waals surface area contributed by atoms with Gasteiger partial charge in [-0.25, -0.2) is 0 Å². The van der Waals surface area contributed by atoms with E-state index < -0.39 is 23.9 Å². The van der Waals surface area contributed by atoms with Crippen molar-refractivity contribution in [3.8, 4) is 0 Å². The maximum Gasteiger partial charge on any atom is 0.249 e. The first-order valence-corrected chi connectivity index (χ1v) is 12.3. The van der Waals surface area contributed by atoms with Gasteiger partial charge in [0.15, 0.2) is 0 Å². The Morgan fingerprint density at radius 2 is 1.92 bits per heavy atom. The fourth-order valence-electron chi connectivity index (χ4n) is 5.05. The Morgan fingerprint density at radius 1 is 1.17 bits per heavy atom. The van der Waals surface area contributed by atoms with Crippen LogP contribution in [0.4, 0.5) is 0 Å². The predicted molar refractivity (Wildman–Crippen MR) is 133 cm³/mol. The molecule has 3 heterocycles. The highest BCUT2D eigenvalue weighted by molar-refractivity contribution is 5.93. The van der Waals surface area contributed by atoms with Crippen LogP contribution in [0.25, 0.3) is 10.9 Å². The highest BCUT2D eigenvalue weighted by Crippen LogP contribution is 2.21. The number of fused-ring (bicyclic) bond motifs is 1. The van der Waals surface area contributed by atoms with Crippen LogP contribution in [0, 0.1) is 5.92 Å². The van der Waals surface area contributed by atoms with Crippen molar-refractivity contribution in [2.75, 3.05) is 46.4 Å². The van der Waals surface area contributed by atoms with Gasteiger partial charge in [0.05, 0.1) is 6.54 Å². The fraction of sp³-hybridized carbons (Fsp3) is 0.520. The molecule has 36 heavy (non-hydrogen) atoms. The molecule has 0 spiro atoms. The second-order valence-electron chi connectivity index (χ2n) is 9.37. The molecule has 2 aliphatic heterocycles. The molecule has 0 radical (unpaired) electrons. The lowest BCUT2D eigenvalue weighted by Gasteiger charge is -2.42. The number of nitrogens with zero attached hydrogens (tertiary/aromatic N) is 2. The molecule has 0 saturated carbocycles. The monoisotopic (exact) mass is 498 g/mol. The molecule has 1 aromatic carbocycles. The molecular weight excluding hydrogens is 464 g/mol. The molecule has 194 valence electrons. The summed E-state index contributed by atoms with van der Waals surface area (Å²) in [6, 6.07) is 5.72. The normalized spacial score (nSPS) is 19.8. The molecule has 2 atom stereocenters. The van der Waals surface area contributed by atoms with Gasteiger partial charge in [-0.3, -0.25) is 19.2 Å². The zero-order valence-electron chi connectivity index (χ0n) is 20.5. The van der Waals surface area contributed by atoms with Crippen LogP contribution in [0.15, 0.2) is 30.5 Å². The first-order chi connectivity index (χ1) is 17.4. The van der Waals surface area contributed by atoms with Crippen LogP contribution in [-0.2, 0) is 30.3 Å². The first kappa shape index (κ1) is 25.6. The van der Waals surface area contributed by atoms with Crippen LogP contribution in [0.5, 0.6) is 0 Å². The number of carbonyl (C=O) groups excluding carboxylic acids is 4. The van der Waals surface area contributed by atoms with Gasteiger partial charge in [-0.1, -0.05) is 18.2 Å². The van der Waals surface area contributed by atoms with E-state index in [-0.39, 0.29) is 43.8 Å². The third kappa shape index (κ3) is 5.68. The molecule has 11 heteroatoms. The topological polar surface area (TPSA) is 150 Å². The number of nitrogens with one attached hydrogen (secondary N) is 3. The summed E-state index contributed by atoms with van der Waals surface area (Å²) >= 11 is 0. The number of nitrogens with two attached hydrogens (primary N) is 1. The number of hydrogen-bond donors (Lipinski definition) is 4. The highest BCUT2D eigenvalue weighted by Gasteiger charge is 2.39. The molecule has 2 unspecified atom stereocenters. The Bertz CT molecular complexity index is 1110. The number of aromatic nitrogens is 1. The first-order valence-electron chi connectivity index (χ1n) is 12.3. The number of carbonyl (C=O) groups is 4. The number of aromatic amines is 1. The van der Waals surface area contributed by atoms with Gasteiger partial charge in [-0.05, 0) is 37.6 Å². The average Bonchev–Trinajstić information content (AvgIpc) is 3.30. The summed E-state index contributed by atoms with van der Waals surface area (Å²) in [6.45, 7) is 1.99. The van der Waals surface area contributed by atoms with E-state index in [0.29, 0.717) is 6.54 Å². The summed E-state index contributed by atoms with van der Waals surface area (Å²) in [4.78, 5) is 57.9. The molecule has 5 N–H and O–H groups in total. The number of H-pyrrole nitrogens is 1. The summed E-state index contributed by atoms with van der Waals surface area (Å²) in [5.41, 5.74) is 7.41. The van der Waals surface area contributed by atoms with Crippen LogP contribution in [0.2, 0.25) is 0 Å². The molecule has 4 amide bonds. The maximum atomic E-state index is 13.5. The summed E-state index contributed by atoms with van der Waals surface area (Å²) in [5.74, 6) is -1.65. The van der Waals surface area contributed by atoms with Crippen molar-refractivity contribution < 1.29 is 23.9 Å². The van der Waals surface area contributed by atoms with E-state index in [1.165, 1.54) is 12.0 Å². The van der Waals surface area contributed by atoms with Gasteiger partial charge in [0.2, 0.25) is 23.6 Å². The summed E-state index contributed by atoms with van der Waals surface area (Å²) in [7, 11) is 1.41. The molecule has 0 bridgehead atoms. The van der Waals surface area contributed by atoms with Gasteiger partial charge in [0, 0.05) is 49.6 Å². The van der Waals surface area contributed by atoms with Crippen molar-refractivity contribution in [2.24, 2.45) is 11.7 Å². The molecule has 11 nitrogen and oxygen atoms in total. The van der Waals surface area contributed by atoms with Crippen LogP contribution < -0.4 is 16.4 Å². The van der Waals surface area contributed by atoms with E-state index >= 15 is 0 Å². The summed E-state index contributed by atoms with van der Waals surface area (Å²) in [6.07, 6.45) is 3.47. The van der Waals surface area contributed by atoms with E-state index in [1.54, 1.807) is 11.1 Å². The third-order valence-corrected chi connectivity index (χ3v) is 7.03. The van der Waals surface area contributed by atoms with Crippen molar-refractivity contribution in [3.05, 3.63) is 36.0 Å². The van der Waals surface area contributed by atoms with E-state index in [2.05, 4.69) is 15.6 Å². The van der Waals surface area contributed by atoms with E-state index in [0.717, 1.165) is 42.4 Å². The number of hydrogen-bond acceptors (Lipinski definition) is 6. The largest absolute Gasteiger partial charge is 0.375 e. The van der Waals surface area contributed by atoms with Gasteiger partial charge in [-0.15, -0.1) is 0 Å². The lowest BCUT2D eigenvalue weighted by molar-refractivity contribution is -0.152. The lowest BCUT2D eigenvalue weighted by Crippen LogP contribution is -2.64. The minimum atomic E-state index is -0.980. The Kier molecular flexibility index (Phi) is 8.21. The molecule has 2 fully saturated rings. The summed E-state index contributed by atoms with van der Waals surface area (Å²) < 4.78 is 5.00. The maximum absolute atomic E-state index is 13.5. The smallest absolute Gasteiger partial charge is 0.249 e. The van der Waals surface area contributed by atoms with Crippen molar-refractivity contribution >= 4 is 34.5 Å². The number of methoxy groups -OCH3 is 1. The molecule has 1 aromatic heterocycles. The van der Waals surface area contributed by atoms with Gasteiger partial charge < -0.3 is 35.9 Å². The molecule has 4 rings (SSSR count). The van der Waals surface area contributed by atoms with Crippen molar-refractivity contribution in [3.63, 3.8) is 0 Å². The number of amides is 4. The van der Waals surface area contributed by atoms with Crippen LogP contribution in [0.3, 0.4) is 0 Å². The van der Waals surface area contributed by atoms with Crippen LogP contribution >= 0.6 is 0 Å². The van der Waals surface area contributed by atoms with Gasteiger partial charge in [0.25, 0.3) is 0 Å². The minimum Gasteiger partial charge on any atom is -0.375 e.